The molecular weight excluding hydrogens is 286 g/mol. The van der Waals surface area contributed by atoms with Crippen molar-refractivity contribution in [3.05, 3.63) is 29.8 Å². The maximum absolute atomic E-state index is 11.4. The van der Waals surface area contributed by atoms with Gasteiger partial charge in [-0.05, 0) is 43.0 Å². The molecule has 0 aliphatic heterocycles. The van der Waals surface area contributed by atoms with Crippen molar-refractivity contribution in [1.29, 1.82) is 0 Å². The normalized spacial score (nSPS) is 18.6. The number of rotatable bonds is 6. The molecule has 1 aliphatic rings. The van der Waals surface area contributed by atoms with E-state index >= 15 is 0 Å². The molecule has 118 valence electrons. The van der Waals surface area contributed by atoms with E-state index in [2.05, 4.69) is 5.32 Å². The van der Waals surface area contributed by atoms with Gasteiger partial charge in [-0.3, -0.25) is 0 Å². The van der Waals surface area contributed by atoms with E-state index in [4.69, 9.17) is 0 Å². The van der Waals surface area contributed by atoms with Crippen LogP contribution in [0.4, 0.5) is 0 Å². The lowest BCUT2D eigenvalue weighted by atomic mass is 9.89. The first-order valence-electron chi connectivity index (χ1n) is 7.65. The molecular formula is C16H25NO3S. The van der Waals surface area contributed by atoms with Gasteiger partial charge in [0.2, 0.25) is 0 Å². The molecule has 0 amide bonds. The quantitative estimate of drug-likeness (QED) is 0.846. The fraction of sp³-hybridized carbons (Fsp3) is 0.625. The second-order valence-corrected chi connectivity index (χ2v) is 8.04. The lowest BCUT2D eigenvalue weighted by Crippen LogP contribution is -2.28. The zero-order chi connectivity index (χ0) is 15.3. The van der Waals surface area contributed by atoms with Gasteiger partial charge in [0.15, 0.2) is 9.84 Å². The summed E-state index contributed by atoms with van der Waals surface area (Å²) in [7, 11) is -3.17. The van der Waals surface area contributed by atoms with E-state index in [0.717, 1.165) is 18.0 Å². The minimum Gasteiger partial charge on any atom is -0.387 e. The first-order chi connectivity index (χ1) is 9.97. The van der Waals surface area contributed by atoms with Crippen molar-refractivity contribution >= 4 is 9.84 Å². The Bertz CT molecular complexity index is 533. The largest absolute Gasteiger partial charge is 0.387 e. The molecule has 0 spiro atoms. The summed E-state index contributed by atoms with van der Waals surface area (Å²) in [4.78, 5) is 0.286. The van der Waals surface area contributed by atoms with Gasteiger partial charge in [0.05, 0.1) is 11.0 Å². The maximum atomic E-state index is 11.4. The Morgan fingerprint density at radius 3 is 2.38 bits per heavy atom. The highest BCUT2D eigenvalue weighted by Crippen LogP contribution is 2.23. The molecule has 1 saturated carbocycles. The van der Waals surface area contributed by atoms with Crippen LogP contribution < -0.4 is 5.32 Å². The topological polar surface area (TPSA) is 66.4 Å². The van der Waals surface area contributed by atoms with E-state index < -0.39 is 15.9 Å². The predicted octanol–water partition coefficient (Wildman–Crippen LogP) is 2.29. The maximum Gasteiger partial charge on any atom is 0.175 e. The van der Waals surface area contributed by atoms with Gasteiger partial charge in [0.25, 0.3) is 0 Å². The number of aliphatic hydroxyl groups is 1. The van der Waals surface area contributed by atoms with Crippen LogP contribution in [0.5, 0.6) is 0 Å². The van der Waals surface area contributed by atoms with Crippen molar-refractivity contribution in [3.63, 3.8) is 0 Å². The number of aliphatic hydroxyl groups excluding tert-OH is 1. The van der Waals surface area contributed by atoms with Crippen molar-refractivity contribution < 1.29 is 13.5 Å². The van der Waals surface area contributed by atoms with Gasteiger partial charge < -0.3 is 10.4 Å². The molecule has 0 bridgehead atoms. The van der Waals surface area contributed by atoms with Gasteiger partial charge in [0, 0.05) is 12.8 Å². The lowest BCUT2D eigenvalue weighted by molar-refractivity contribution is 0.171. The standard InChI is InChI=1S/C16H25NO3S/c1-21(19,20)15-9-7-14(8-10-15)16(18)12-17-11-13-5-3-2-4-6-13/h7-10,13,16-18H,2-6,11-12H2,1H3. The fourth-order valence-electron chi connectivity index (χ4n) is 2.87. The molecule has 4 nitrogen and oxygen atoms in total. The van der Waals surface area contributed by atoms with Gasteiger partial charge in [-0.2, -0.15) is 0 Å². The second kappa shape index (κ2) is 7.38. The van der Waals surface area contributed by atoms with E-state index in [1.54, 1.807) is 24.3 Å². The molecule has 2 rings (SSSR count). The molecule has 0 saturated heterocycles. The highest BCUT2D eigenvalue weighted by molar-refractivity contribution is 7.90. The van der Waals surface area contributed by atoms with Crippen molar-refractivity contribution in [2.24, 2.45) is 5.92 Å². The Hall–Kier alpha value is -0.910. The van der Waals surface area contributed by atoms with Crippen LogP contribution in [-0.4, -0.2) is 32.9 Å². The van der Waals surface area contributed by atoms with Crippen molar-refractivity contribution in [2.75, 3.05) is 19.3 Å². The number of nitrogens with one attached hydrogen (secondary N) is 1. The molecule has 5 heteroatoms. The molecule has 0 heterocycles. The van der Waals surface area contributed by atoms with Crippen LogP contribution in [0, 0.1) is 5.92 Å². The Balaban J connectivity index is 1.81. The summed E-state index contributed by atoms with van der Waals surface area (Å²) in [6.07, 6.45) is 7.15. The van der Waals surface area contributed by atoms with E-state index in [0.29, 0.717) is 6.54 Å². The molecule has 0 aromatic heterocycles. The average Bonchev–Trinajstić information content (AvgIpc) is 2.47. The summed E-state index contributed by atoms with van der Waals surface area (Å²) in [5, 5.41) is 13.5. The average molecular weight is 311 g/mol. The van der Waals surface area contributed by atoms with Gasteiger partial charge in [0.1, 0.15) is 0 Å². The van der Waals surface area contributed by atoms with Crippen molar-refractivity contribution in [1.82, 2.24) is 5.32 Å². The summed E-state index contributed by atoms with van der Waals surface area (Å²) in [5.74, 6) is 0.735. The fourth-order valence-corrected chi connectivity index (χ4v) is 3.50. The van der Waals surface area contributed by atoms with Crippen LogP contribution in [0.1, 0.15) is 43.8 Å². The molecule has 2 N–H and O–H groups in total. The number of hydrogen-bond donors (Lipinski definition) is 2. The van der Waals surface area contributed by atoms with Gasteiger partial charge in [-0.15, -0.1) is 0 Å². The molecule has 21 heavy (non-hydrogen) atoms. The minimum absolute atomic E-state index is 0.286. The molecule has 0 radical (unpaired) electrons. The van der Waals surface area contributed by atoms with Gasteiger partial charge in [-0.1, -0.05) is 31.4 Å². The lowest BCUT2D eigenvalue weighted by Gasteiger charge is -2.22. The zero-order valence-electron chi connectivity index (χ0n) is 12.6. The van der Waals surface area contributed by atoms with E-state index in [1.807, 2.05) is 0 Å². The first kappa shape index (κ1) is 16.5. The Labute approximate surface area is 127 Å². The highest BCUT2D eigenvalue weighted by atomic mass is 32.2. The van der Waals surface area contributed by atoms with Crippen molar-refractivity contribution in [3.8, 4) is 0 Å². The third-order valence-corrected chi connectivity index (χ3v) is 5.32. The van der Waals surface area contributed by atoms with E-state index in [9.17, 15) is 13.5 Å². The monoisotopic (exact) mass is 311 g/mol. The highest BCUT2D eigenvalue weighted by Gasteiger charge is 2.14. The summed E-state index contributed by atoms with van der Waals surface area (Å²) >= 11 is 0. The molecule has 1 atom stereocenters. The minimum atomic E-state index is -3.17. The Morgan fingerprint density at radius 1 is 1.19 bits per heavy atom. The molecule has 1 aliphatic carbocycles. The van der Waals surface area contributed by atoms with Crippen LogP contribution >= 0.6 is 0 Å². The summed E-state index contributed by atoms with van der Waals surface area (Å²) in [6.45, 7) is 1.47. The summed E-state index contributed by atoms with van der Waals surface area (Å²) in [6, 6.07) is 6.47. The number of benzene rings is 1. The summed E-state index contributed by atoms with van der Waals surface area (Å²) < 4.78 is 22.8. The molecule has 1 fully saturated rings. The zero-order valence-corrected chi connectivity index (χ0v) is 13.4. The third-order valence-electron chi connectivity index (χ3n) is 4.19. The molecule has 1 aromatic rings. The van der Waals surface area contributed by atoms with E-state index in [-0.39, 0.29) is 4.90 Å². The molecule has 1 unspecified atom stereocenters. The van der Waals surface area contributed by atoms with Gasteiger partial charge >= 0.3 is 0 Å². The second-order valence-electron chi connectivity index (χ2n) is 6.02. The van der Waals surface area contributed by atoms with Crippen LogP contribution in [0.3, 0.4) is 0 Å². The SMILES string of the molecule is CS(=O)(=O)c1ccc(C(O)CNCC2CCCCC2)cc1. The summed E-state index contributed by atoms with van der Waals surface area (Å²) in [5.41, 5.74) is 0.749. The van der Waals surface area contributed by atoms with Crippen LogP contribution in [0.25, 0.3) is 0 Å². The van der Waals surface area contributed by atoms with Crippen LogP contribution in [0.2, 0.25) is 0 Å². The molecule has 1 aromatic carbocycles. The number of hydrogen-bond acceptors (Lipinski definition) is 4. The Kier molecular flexibility index (Phi) is 5.79. The van der Waals surface area contributed by atoms with Gasteiger partial charge in [-0.25, -0.2) is 8.42 Å². The van der Waals surface area contributed by atoms with E-state index in [1.165, 1.54) is 38.4 Å². The smallest absolute Gasteiger partial charge is 0.175 e. The van der Waals surface area contributed by atoms with Crippen molar-refractivity contribution in [2.45, 2.75) is 43.1 Å². The van der Waals surface area contributed by atoms with Crippen LogP contribution in [-0.2, 0) is 9.84 Å². The third kappa shape index (κ3) is 5.09. The van der Waals surface area contributed by atoms with Crippen LogP contribution in [0.15, 0.2) is 29.2 Å². The first-order valence-corrected chi connectivity index (χ1v) is 9.55. The Morgan fingerprint density at radius 2 is 1.81 bits per heavy atom. The number of sulfone groups is 1. The predicted molar refractivity (Wildman–Crippen MR) is 84.0 cm³/mol.